The van der Waals surface area contributed by atoms with Gasteiger partial charge in [-0.3, -0.25) is 4.79 Å². The average Bonchev–Trinajstić information content (AvgIpc) is 2.93. The van der Waals surface area contributed by atoms with E-state index in [1.165, 1.54) is 7.11 Å². The predicted octanol–water partition coefficient (Wildman–Crippen LogP) is 0.497. The van der Waals surface area contributed by atoms with E-state index < -0.39 is 11.4 Å². The number of nitrogens with zero attached hydrogens (tertiary/aromatic N) is 1. The Morgan fingerprint density at radius 1 is 1.31 bits per heavy atom. The van der Waals surface area contributed by atoms with E-state index in [0.29, 0.717) is 12.2 Å². The number of aromatic hydroxyl groups is 1. The number of aromatic nitrogens is 3. The van der Waals surface area contributed by atoms with Crippen LogP contribution in [0.25, 0.3) is 0 Å². The lowest BCUT2D eigenvalue weighted by Gasteiger charge is -2.14. The number of hydrogen-bond donors (Lipinski definition) is 4. The number of nitrogens with one attached hydrogen (secondary N) is 3. The average molecular weight is 364 g/mol. The van der Waals surface area contributed by atoms with Crippen molar-refractivity contribution in [1.82, 2.24) is 20.1 Å². The van der Waals surface area contributed by atoms with Gasteiger partial charge in [-0.2, -0.15) is 0 Å². The number of benzene rings is 1. The molecule has 9 heteroatoms. The molecule has 0 aliphatic rings. The molecule has 1 heterocycles. The summed E-state index contributed by atoms with van der Waals surface area (Å²) in [5.74, 6) is 0.396. The Morgan fingerprint density at radius 2 is 2.00 bits per heavy atom. The minimum Gasteiger partial charge on any atom is -0.504 e. The fourth-order valence-corrected chi connectivity index (χ4v) is 2.61. The molecule has 2 rings (SSSR count). The number of phenols is 1. The van der Waals surface area contributed by atoms with Crippen LogP contribution in [0.15, 0.2) is 27.8 Å². The van der Waals surface area contributed by atoms with Crippen LogP contribution < -0.4 is 21.4 Å². The molecule has 1 amide bonds. The summed E-state index contributed by atoms with van der Waals surface area (Å²) in [4.78, 5) is 34.6. The summed E-state index contributed by atoms with van der Waals surface area (Å²) in [6.07, 6.45) is 2.09. The first-order valence-corrected chi connectivity index (χ1v) is 8.43. The zero-order chi connectivity index (χ0) is 19.1. The Hall–Kier alpha value is -2.97. The van der Waals surface area contributed by atoms with Gasteiger partial charge in [0.2, 0.25) is 5.91 Å². The molecule has 0 fully saturated rings. The normalized spacial score (nSPS) is 11.9. The van der Waals surface area contributed by atoms with E-state index in [4.69, 9.17) is 4.74 Å². The van der Waals surface area contributed by atoms with Crippen molar-refractivity contribution in [2.75, 3.05) is 7.11 Å². The molecule has 0 aliphatic heterocycles. The van der Waals surface area contributed by atoms with Crippen LogP contribution in [0.4, 0.5) is 0 Å². The van der Waals surface area contributed by atoms with Gasteiger partial charge in [0, 0.05) is 19.0 Å². The van der Waals surface area contributed by atoms with Gasteiger partial charge in [0.05, 0.1) is 7.11 Å². The summed E-state index contributed by atoms with van der Waals surface area (Å²) >= 11 is 0. The fraction of sp³-hybridized carbons (Fsp3) is 0.471. The molecule has 1 aromatic carbocycles. The molecule has 0 aliphatic carbocycles. The van der Waals surface area contributed by atoms with Crippen LogP contribution in [0.1, 0.15) is 31.7 Å². The highest BCUT2D eigenvalue weighted by molar-refractivity contribution is 5.76. The summed E-state index contributed by atoms with van der Waals surface area (Å²) in [6, 6.07) is 5.15. The van der Waals surface area contributed by atoms with Gasteiger partial charge in [-0.1, -0.05) is 6.07 Å². The van der Waals surface area contributed by atoms with Gasteiger partial charge in [-0.15, -0.1) is 0 Å². The lowest BCUT2D eigenvalue weighted by atomic mass is 10.1. The third-order valence-corrected chi connectivity index (χ3v) is 4.07. The maximum absolute atomic E-state index is 12.0. The molecule has 1 atom stereocenters. The van der Waals surface area contributed by atoms with Gasteiger partial charge in [0.25, 0.3) is 0 Å². The molecule has 142 valence electrons. The molecule has 0 saturated carbocycles. The van der Waals surface area contributed by atoms with Gasteiger partial charge in [0.15, 0.2) is 11.5 Å². The Balaban J connectivity index is 1.73. The van der Waals surface area contributed by atoms with Crippen molar-refractivity contribution in [3.8, 4) is 11.5 Å². The van der Waals surface area contributed by atoms with E-state index in [0.717, 1.165) is 23.0 Å². The number of carbonyl (C=O) groups excluding carboxylic acids is 1. The first kappa shape index (κ1) is 19.4. The lowest BCUT2D eigenvalue weighted by Crippen LogP contribution is -2.33. The molecular formula is C17H24N4O5. The monoisotopic (exact) mass is 364 g/mol. The van der Waals surface area contributed by atoms with Crippen LogP contribution >= 0.6 is 0 Å². The summed E-state index contributed by atoms with van der Waals surface area (Å²) in [7, 11) is 1.50. The standard InChI is InChI=1S/C17H24N4O5/c1-11(5-6-12-7-8-13(22)14(10-12)26-2)18-15(23)4-3-9-21-16(24)19-20-17(21)25/h7-8,10-11,22H,3-6,9H2,1-2H3,(H,18,23)(H,19,24)(H,20,25). The number of hydrogen-bond acceptors (Lipinski definition) is 5. The van der Waals surface area contributed by atoms with Crippen molar-refractivity contribution >= 4 is 5.91 Å². The number of carbonyl (C=O) groups is 1. The third kappa shape index (κ3) is 5.27. The van der Waals surface area contributed by atoms with Crippen LogP contribution in [-0.2, 0) is 17.8 Å². The summed E-state index contributed by atoms with van der Waals surface area (Å²) in [5.41, 5.74) is -0.00647. The SMILES string of the molecule is COc1cc(CCC(C)NC(=O)CCCn2c(=O)[nH][nH]c2=O)ccc1O. The van der Waals surface area contributed by atoms with Crippen LogP contribution in [0.5, 0.6) is 11.5 Å². The van der Waals surface area contributed by atoms with Crippen molar-refractivity contribution in [1.29, 1.82) is 0 Å². The summed E-state index contributed by atoms with van der Waals surface area (Å²) in [6.45, 7) is 2.10. The second kappa shape index (κ2) is 8.93. The Labute approximate surface area is 150 Å². The molecule has 0 bridgehead atoms. The van der Waals surface area contributed by atoms with Crippen LogP contribution in [0, 0.1) is 0 Å². The maximum Gasteiger partial charge on any atom is 0.344 e. The topological polar surface area (TPSA) is 129 Å². The second-order valence-electron chi connectivity index (χ2n) is 6.13. The first-order chi connectivity index (χ1) is 12.4. The molecule has 0 saturated heterocycles. The van der Waals surface area contributed by atoms with Gasteiger partial charge in [-0.05, 0) is 43.9 Å². The smallest absolute Gasteiger partial charge is 0.344 e. The van der Waals surface area contributed by atoms with E-state index in [-0.39, 0.29) is 30.7 Å². The highest BCUT2D eigenvalue weighted by Crippen LogP contribution is 2.26. The van der Waals surface area contributed by atoms with Gasteiger partial charge in [0.1, 0.15) is 0 Å². The molecule has 0 radical (unpaired) electrons. The van der Waals surface area contributed by atoms with E-state index in [9.17, 15) is 19.5 Å². The van der Waals surface area contributed by atoms with Crippen molar-refractivity contribution in [3.63, 3.8) is 0 Å². The minimum atomic E-state index is -0.506. The molecule has 1 unspecified atom stereocenters. The zero-order valence-corrected chi connectivity index (χ0v) is 14.9. The molecule has 2 aromatic rings. The number of aromatic amines is 2. The summed E-state index contributed by atoms with van der Waals surface area (Å²) < 4.78 is 6.10. The van der Waals surface area contributed by atoms with Crippen molar-refractivity contribution < 1.29 is 14.6 Å². The Kier molecular flexibility index (Phi) is 6.65. The number of H-pyrrole nitrogens is 2. The number of phenolic OH excluding ortho intramolecular Hbond substituents is 1. The maximum atomic E-state index is 12.0. The molecular weight excluding hydrogens is 340 g/mol. The predicted molar refractivity (Wildman–Crippen MR) is 95.5 cm³/mol. The van der Waals surface area contributed by atoms with E-state index in [1.807, 2.05) is 13.0 Å². The highest BCUT2D eigenvalue weighted by atomic mass is 16.5. The Bertz CT molecular complexity index is 824. The minimum absolute atomic E-state index is 0.0271. The van der Waals surface area contributed by atoms with Crippen LogP contribution in [0.3, 0.4) is 0 Å². The van der Waals surface area contributed by atoms with Crippen LogP contribution in [-0.4, -0.2) is 38.9 Å². The van der Waals surface area contributed by atoms with Gasteiger partial charge < -0.3 is 15.2 Å². The fourth-order valence-electron chi connectivity index (χ4n) is 2.61. The second-order valence-corrected chi connectivity index (χ2v) is 6.13. The molecule has 4 N–H and O–H groups in total. The quantitative estimate of drug-likeness (QED) is 0.515. The lowest BCUT2D eigenvalue weighted by molar-refractivity contribution is -0.121. The van der Waals surface area contributed by atoms with Gasteiger partial charge in [-0.25, -0.2) is 24.4 Å². The number of amides is 1. The zero-order valence-electron chi connectivity index (χ0n) is 14.9. The largest absolute Gasteiger partial charge is 0.504 e. The van der Waals surface area contributed by atoms with Crippen molar-refractivity contribution in [2.24, 2.45) is 0 Å². The van der Waals surface area contributed by atoms with Gasteiger partial charge >= 0.3 is 11.4 Å². The van der Waals surface area contributed by atoms with E-state index in [2.05, 4.69) is 15.5 Å². The number of aryl methyl sites for hydroxylation is 1. The summed E-state index contributed by atoms with van der Waals surface area (Å²) in [5, 5.41) is 16.9. The third-order valence-electron chi connectivity index (χ3n) is 4.07. The van der Waals surface area contributed by atoms with E-state index >= 15 is 0 Å². The molecule has 9 nitrogen and oxygen atoms in total. The van der Waals surface area contributed by atoms with E-state index in [1.54, 1.807) is 12.1 Å². The van der Waals surface area contributed by atoms with Crippen molar-refractivity contribution in [2.45, 2.75) is 45.2 Å². The van der Waals surface area contributed by atoms with Crippen LogP contribution in [0.2, 0.25) is 0 Å². The first-order valence-electron chi connectivity index (χ1n) is 8.43. The molecule has 26 heavy (non-hydrogen) atoms. The Morgan fingerprint density at radius 3 is 2.65 bits per heavy atom. The molecule has 0 spiro atoms. The highest BCUT2D eigenvalue weighted by Gasteiger charge is 2.10. The number of ether oxygens (including phenoxy) is 1. The number of methoxy groups -OCH3 is 1. The van der Waals surface area contributed by atoms with Crippen molar-refractivity contribution in [3.05, 3.63) is 44.7 Å². The molecule has 1 aromatic heterocycles. The number of rotatable bonds is 9.